The third kappa shape index (κ3) is 5.14. The second-order valence-electron chi connectivity index (χ2n) is 4.85. The van der Waals surface area contributed by atoms with Crippen LogP contribution in [0.15, 0.2) is 49.2 Å². The highest BCUT2D eigenvalue weighted by atomic mass is 19.1. The minimum atomic E-state index is -0.220. The molecule has 24 heavy (non-hydrogen) atoms. The highest BCUT2D eigenvalue weighted by Crippen LogP contribution is 2.28. The topological polar surface area (TPSA) is 59.3 Å². The first kappa shape index (κ1) is 19.3. The number of anilines is 1. The van der Waals surface area contributed by atoms with E-state index in [9.17, 15) is 4.39 Å². The van der Waals surface area contributed by atoms with Crippen LogP contribution in [0, 0.1) is 12.7 Å². The van der Waals surface area contributed by atoms with Crippen LogP contribution in [0.2, 0.25) is 0 Å². The number of methoxy groups -OCH3 is 1. The van der Waals surface area contributed by atoms with Crippen LogP contribution in [0.3, 0.4) is 0 Å². The van der Waals surface area contributed by atoms with Crippen molar-refractivity contribution >= 4 is 17.8 Å². The SMILES string of the molecule is C=CNN.CNc1cccc(OC)c1/C=C/c1c(C)cccc1F. The fourth-order valence-electron chi connectivity index (χ4n) is 2.13. The van der Waals surface area contributed by atoms with Crippen LogP contribution in [0.4, 0.5) is 10.1 Å². The summed E-state index contributed by atoms with van der Waals surface area (Å²) >= 11 is 0. The quantitative estimate of drug-likeness (QED) is 0.442. The van der Waals surface area contributed by atoms with Gasteiger partial charge in [0.25, 0.3) is 0 Å². The van der Waals surface area contributed by atoms with E-state index in [2.05, 4.69) is 23.2 Å². The van der Waals surface area contributed by atoms with Gasteiger partial charge in [0.2, 0.25) is 0 Å². The Kier molecular flexibility index (Phi) is 8.08. The summed E-state index contributed by atoms with van der Waals surface area (Å²) in [6, 6.07) is 10.8. The number of benzene rings is 2. The minimum absolute atomic E-state index is 0.220. The molecule has 2 aromatic carbocycles. The summed E-state index contributed by atoms with van der Waals surface area (Å²) in [5.41, 5.74) is 5.54. The molecular weight excluding hydrogens is 305 g/mol. The molecule has 0 saturated carbocycles. The lowest BCUT2D eigenvalue weighted by molar-refractivity contribution is 0.414. The van der Waals surface area contributed by atoms with Crippen molar-refractivity contribution in [2.45, 2.75) is 6.92 Å². The number of rotatable bonds is 5. The number of nitrogens with two attached hydrogens (primary N) is 1. The predicted molar refractivity (Wildman–Crippen MR) is 100 cm³/mol. The Morgan fingerprint density at radius 1 is 1.12 bits per heavy atom. The summed E-state index contributed by atoms with van der Waals surface area (Å²) in [7, 11) is 3.47. The zero-order chi connectivity index (χ0) is 17.9. The molecule has 0 fully saturated rings. The molecule has 0 aromatic heterocycles. The summed E-state index contributed by atoms with van der Waals surface area (Å²) in [6.07, 6.45) is 5.06. The Labute approximate surface area is 142 Å². The zero-order valence-electron chi connectivity index (χ0n) is 14.3. The van der Waals surface area contributed by atoms with Gasteiger partial charge in [0, 0.05) is 30.1 Å². The van der Waals surface area contributed by atoms with Gasteiger partial charge >= 0.3 is 0 Å². The lowest BCUT2D eigenvalue weighted by atomic mass is 10.1. The highest BCUT2D eigenvalue weighted by Gasteiger charge is 2.06. The highest BCUT2D eigenvalue weighted by molar-refractivity contribution is 5.80. The van der Waals surface area contributed by atoms with Gasteiger partial charge in [-0.1, -0.05) is 30.9 Å². The van der Waals surface area contributed by atoms with Crippen LogP contribution < -0.4 is 21.3 Å². The van der Waals surface area contributed by atoms with Crippen molar-refractivity contribution in [3.63, 3.8) is 0 Å². The Morgan fingerprint density at radius 2 is 1.75 bits per heavy atom. The molecule has 0 radical (unpaired) electrons. The molecule has 0 heterocycles. The van der Waals surface area contributed by atoms with Crippen LogP contribution in [0.1, 0.15) is 16.7 Å². The average Bonchev–Trinajstić information content (AvgIpc) is 2.61. The largest absolute Gasteiger partial charge is 0.496 e. The van der Waals surface area contributed by atoms with Crippen LogP contribution in [-0.2, 0) is 0 Å². The molecule has 0 bridgehead atoms. The molecule has 0 aliphatic carbocycles. The van der Waals surface area contributed by atoms with Gasteiger partial charge in [-0.2, -0.15) is 0 Å². The minimum Gasteiger partial charge on any atom is -0.496 e. The van der Waals surface area contributed by atoms with Gasteiger partial charge in [-0.25, -0.2) is 4.39 Å². The van der Waals surface area contributed by atoms with Crippen molar-refractivity contribution in [3.8, 4) is 5.75 Å². The van der Waals surface area contributed by atoms with E-state index >= 15 is 0 Å². The van der Waals surface area contributed by atoms with Crippen LogP contribution >= 0.6 is 0 Å². The van der Waals surface area contributed by atoms with Gasteiger partial charge in [-0.15, -0.1) is 0 Å². The molecule has 4 nitrogen and oxygen atoms in total. The molecule has 2 rings (SSSR count). The number of halogens is 1. The molecule has 0 unspecified atom stereocenters. The normalized spacial score (nSPS) is 9.88. The lowest BCUT2D eigenvalue weighted by Crippen LogP contribution is -2.11. The first-order valence-corrected chi connectivity index (χ1v) is 7.44. The lowest BCUT2D eigenvalue weighted by Gasteiger charge is -2.10. The number of hydrogen-bond acceptors (Lipinski definition) is 4. The van der Waals surface area contributed by atoms with Gasteiger partial charge < -0.3 is 15.5 Å². The first-order valence-electron chi connectivity index (χ1n) is 7.44. The molecule has 0 aliphatic rings. The fraction of sp³-hybridized carbons (Fsp3) is 0.158. The molecule has 0 atom stereocenters. The van der Waals surface area contributed by atoms with Crippen molar-refractivity contribution < 1.29 is 9.13 Å². The maximum absolute atomic E-state index is 13.8. The fourth-order valence-corrected chi connectivity index (χ4v) is 2.13. The zero-order valence-corrected chi connectivity index (χ0v) is 14.3. The van der Waals surface area contributed by atoms with Crippen molar-refractivity contribution in [1.82, 2.24) is 5.43 Å². The summed E-state index contributed by atoms with van der Waals surface area (Å²) in [5.74, 6) is 5.19. The van der Waals surface area contributed by atoms with Gasteiger partial charge in [0.05, 0.1) is 7.11 Å². The number of nitrogens with one attached hydrogen (secondary N) is 2. The number of aryl methyl sites for hydroxylation is 1. The third-order valence-electron chi connectivity index (χ3n) is 3.36. The Hall–Kier alpha value is -2.79. The van der Waals surface area contributed by atoms with E-state index in [0.29, 0.717) is 5.56 Å². The van der Waals surface area contributed by atoms with E-state index in [4.69, 9.17) is 4.74 Å². The van der Waals surface area contributed by atoms with Crippen molar-refractivity contribution in [2.75, 3.05) is 19.5 Å². The van der Waals surface area contributed by atoms with Gasteiger partial charge in [-0.3, -0.25) is 5.84 Å². The Balaban J connectivity index is 0.000000648. The van der Waals surface area contributed by atoms with Crippen LogP contribution in [0.25, 0.3) is 12.2 Å². The van der Waals surface area contributed by atoms with Crippen LogP contribution in [0.5, 0.6) is 5.75 Å². The van der Waals surface area contributed by atoms with E-state index in [1.54, 1.807) is 19.3 Å². The summed E-state index contributed by atoms with van der Waals surface area (Å²) in [4.78, 5) is 0. The maximum atomic E-state index is 13.8. The summed E-state index contributed by atoms with van der Waals surface area (Å²) in [6.45, 7) is 5.14. The number of hydrogen-bond donors (Lipinski definition) is 3. The predicted octanol–water partition coefficient (Wildman–Crippen LogP) is 3.95. The second kappa shape index (κ2) is 10.1. The summed E-state index contributed by atoms with van der Waals surface area (Å²) < 4.78 is 19.2. The maximum Gasteiger partial charge on any atom is 0.130 e. The van der Waals surface area contributed by atoms with E-state index in [1.165, 1.54) is 12.3 Å². The second-order valence-corrected chi connectivity index (χ2v) is 4.85. The van der Waals surface area contributed by atoms with E-state index in [1.807, 2.05) is 44.3 Å². The molecule has 0 amide bonds. The molecular formula is C19H24FN3O. The van der Waals surface area contributed by atoms with Gasteiger partial charge in [0.15, 0.2) is 0 Å². The molecule has 0 aliphatic heterocycles. The average molecular weight is 329 g/mol. The van der Waals surface area contributed by atoms with E-state index in [-0.39, 0.29) is 5.82 Å². The van der Waals surface area contributed by atoms with Crippen LogP contribution in [-0.4, -0.2) is 14.2 Å². The number of ether oxygens (including phenoxy) is 1. The van der Waals surface area contributed by atoms with Gasteiger partial charge in [0.1, 0.15) is 11.6 Å². The smallest absolute Gasteiger partial charge is 0.130 e. The molecule has 4 N–H and O–H groups in total. The van der Waals surface area contributed by atoms with Gasteiger partial charge in [-0.05, 0) is 36.8 Å². The number of hydrazine groups is 1. The monoisotopic (exact) mass is 329 g/mol. The standard InChI is InChI=1S/C17H18FNO.C2H6N2/c1-12-6-4-7-15(18)13(12)10-11-14-16(19-2)8-5-9-17(14)20-3;1-2-4-3/h4-11,19H,1-3H3;2,4H,1,3H2/b11-10+;. The summed E-state index contributed by atoms with van der Waals surface area (Å²) in [5, 5.41) is 3.11. The Bertz CT molecular complexity index is 657. The Morgan fingerprint density at radius 3 is 2.29 bits per heavy atom. The van der Waals surface area contributed by atoms with E-state index in [0.717, 1.165) is 22.6 Å². The molecule has 2 aromatic rings. The third-order valence-corrected chi connectivity index (χ3v) is 3.36. The molecule has 0 saturated heterocycles. The van der Waals surface area contributed by atoms with Crippen molar-refractivity contribution in [2.24, 2.45) is 5.84 Å². The molecule has 0 spiro atoms. The van der Waals surface area contributed by atoms with E-state index < -0.39 is 0 Å². The van der Waals surface area contributed by atoms with Crippen molar-refractivity contribution in [3.05, 3.63) is 71.7 Å². The van der Waals surface area contributed by atoms with Crippen molar-refractivity contribution in [1.29, 1.82) is 0 Å². The molecule has 5 heteroatoms. The molecule has 128 valence electrons. The first-order chi connectivity index (χ1) is 11.6.